The fourth-order valence-corrected chi connectivity index (χ4v) is 2.96. The maximum atomic E-state index is 12.5. The first-order chi connectivity index (χ1) is 10.8. The van der Waals surface area contributed by atoms with Gasteiger partial charge in [-0.25, -0.2) is 9.78 Å². The van der Waals surface area contributed by atoms with Crippen molar-refractivity contribution >= 4 is 28.5 Å². The summed E-state index contributed by atoms with van der Waals surface area (Å²) < 4.78 is 42.3. The molecule has 1 aliphatic heterocycles. The Balaban J connectivity index is 1.95. The molecule has 2 amide bonds. The molecule has 0 radical (unpaired) electrons. The molecule has 23 heavy (non-hydrogen) atoms. The maximum absolute atomic E-state index is 12.5. The number of alkyl halides is 3. The largest absolute Gasteiger partial charge is 0.450 e. The van der Waals surface area contributed by atoms with Crippen LogP contribution in [0.4, 0.5) is 23.1 Å². The van der Waals surface area contributed by atoms with Crippen LogP contribution >= 0.6 is 11.3 Å². The van der Waals surface area contributed by atoms with E-state index in [9.17, 15) is 22.8 Å². The minimum atomic E-state index is -4.54. The van der Waals surface area contributed by atoms with Gasteiger partial charge in [-0.1, -0.05) is 0 Å². The van der Waals surface area contributed by atoms with Crippen molar-refractivity contribution in [3.8, 4) is 0 Å². The molecule has 0 saturated carbocycles. The van der Waals surface area contributed by atoms with Gasteiger partial charge in [0.25, 0.3) is 0 Å². The predicted octanol–water partition coefficient (Wildman–Crippen LogP) is 2.97. The third kappa shape index (κ3) is 4.57. The summed E-state index contributed by atoms with van der Waals surface area (Å²) in [4.78, 5) is 28.6. The Kier molecular flexibility index (Phi) is 5.45. The molecule has 2 rings (SSSR count). The number of rotatable bonds is 3. The molecule has 0 spiro atoms. The van der Waals surface area contributed by atoms with Crippen molar-refractivity contribution in [3.05, 3.63) is 11.1 Å². The summed E-state index contributed by atoms with van der Waals surface area (Å²) in [6.45, 7) is 2.61. The van der Waals surface area contributed by atoms with Gasteiger partial charge in [0.2, 0.25) is 5.91 Å². The number of hydrogen-bond acceptors (Lipinski definition) is 5. The number of ether oxygens (including phenoxy) is 1. The van der Waals surface area contributed by atoms with Crippen molar-refractivity contribution in [2.45, 2.75) is 25.9 Å². The topological polar surface area (TPSA) is 71.5 Å². The van der Waals surface area contributed by atoms with E-state index >= 15 is 0 Å². The van der Waals surface area contributed by atoms with E-state index in [1.165, 1.54) is 4.90 Å². The van der Waals surface area contributed by atoms with Crippen LogP contribution in [-0.2, 0) is 15.7 Å². The normalized spacial score (nSPS) is 18.6. The molecular weight excluding hydrogens is 335 g/mol. The zero-order valence-electron chi connectivity index (χ0n) is 12.4. The molecule has 1 aromatic heterocycles. The van der Waals surface area contributed by atoms with Gasteiger partial charge in [-0.2, -0.15) is 13.2 Å². The zero-order valence-corrected chi connectivity index (χ0v) is 13.2. The molecule has 1 aliphatic rings. The van der Waals surface area contributed by atoms with Gasteiger partial charge in [0, 0.05) is 18.5 Å². The maximum Gasteiger partial charge on any atom is 0.434 e. The summed E-state index contributed by atoms with van der Waals surface area (Å²) in [5, 5.41) is 3.13. The molecule has 2 heterocycles. The van der Waals surface area contributed by atoms with Crippen LogP contribution in [0.2, 0.25) is 0 Å². The minimum Gasteiger partial charge on any atom is -0.450 e. The Bertz CT molecular complexity index is 576. The second-order valence-electron chi connectivity index (χ2n) is 5.01. The average Bonchev–Trinajstić information content (AvgIpc) is 2.96. The second kappa shape index (κ2) is 7.16. The van der Waals surface area contributed by atoms with Crippen molar-refractivity contribution in [1.29, 1.82) is 0 Å². The molecule has 128 valence electrons. The van der Waals surface area contributed by atoms with Crippen LogP contribution < -0.4 is 5.32 Å². The second-order valence-corrected chi connectivity index (χ2v) is 5.87. The fraction of sp³-hybridized carbons (Fsp3) is 0.615. The van der Waals surface area contributed by atoms with Crippen LogP contribution in [0, 0.1) is 5.92 Å². The van der Waals surface area contributed by atoms with E-state index in [0.29, 0.717) is 30.7 Å². The number of aromatic nitrogens is 1. The van der Waals surface area contributed by atoms with Gasteiger partial charge in [0.05, 0.1) is 12.5 Å². The summed E-state index contributed by atoms with van der Waals surface area (Å²) in [6, 6.07) is 0. The van der Waals surface area contributed by atoms with Gasteiger partial charge < -0.3 is 15.0 Å². The van der Waals surface area contributed by atoms with E-state index in [0.717, 1.165) is 5.38 Å². The highest BCUT2D eigenvalue weighted by Crippen LogP contribution is 2.32. The Labute approximate surface area is 134 Å². The van der Waals surface area contributed by atoms with E-state index in [1.807, 2.05) is 0 Å². The van der Waals surface area contributed by atoms with Crippen molar-refractivity contribution < 1.29 is 27.5 Å². The van der Waals surface area contributed by atoms with Crippen LogP contribution in [0.3, 0.4) is 0 Å². The van der Waals surface area contributed by atoms with Crippen molar-refractivity contribution in [2.24, 2.45) is 5.92 Å². The van der Waals surface area contributed by atoms with Crippen LogP contribution in [0.5, 0.6) is 0 Å². The molecule has 1 aromatic rings. The van der Waals surface area contributed by atoms with Crippen LogP contribution in [0.25, 0.3) is 0 Å². The number of nitrogens with one attached hydrogen (secondary N) is 1. The zero-order chi connectivity index (χ0) is 17.0. The van der Waals surface area contributed by atoms with Gasteiger partial charge in [-0.05, 0) is 19.8 Å². The first-order valence-electron chi connectivity index (χ1n) is 7.06. The number of anilines is 1. The Morgan fingerprint density at radius 1 is 1.52 bits per heavy atom. The third-order valence-electron chi connectivity index (χ3n) is 3.34. The quantitative estimate of drug-likeness (QED) is 0.909. The lowest BCUT2D eigenvalue weighted by Gasteiger charge is -2.30. The summed E-state index contributed by atoms with van der Waals surface area (Å²) in [5.41, 5.74) is -1.03. The predicted molar refractivity (Wildman–Crippen MR) is 77.1 cm³/mol. The van der Waals surface area contributed by atoms with Gasteiger partial charge >= 0.3 is 12.3 Å². The van der Waals surface area contributed by atoms with Crippen LogP contribution in [-0.4, -0.2) is 41.6 Å². The highest BCUT2D eigenvalue weighted by Gasteiger charge is 2.34. The monoisotopic (exact) mass is 351 g/mol. The summed E-state index contributed by atoms with van der Waals surface area (Å²) in [6.07, 6.45) is -3.84. The molecular formula is C13H16F3N3O3S. The lowest BCUT2D eigenvalue weighted by Crippen LogP contribution is -2.44. The Hall–Kier alpha value is -1.84. The van der Waals surface area contributed by atoms with E-state index in [4.69, 9.17) is 4.74 Å². The number of nitrogens with zero attached hydrogens (tertiary/aromatic N) is 2. The molecule has 1 fully saturated rings. The minimum absolute atomic E-state index is 0.101. The molecule has 1 N–H and O–H groups in total. The van der Waals surface area contributed by atoms with E-state index in [-0.39, 0.29) is 18.3 Å². The third-order valence-corrected chi connectivity index (χ3v) is 4.10. The lowest BCUT2D eigenvalue weighted by atomic mass is 9.97. The number of halogens is 3. The molecule has 10 heteroatoms. The number of carbonyl (C=O) groups is 2. The standard InChI is InChI=1S/C13H16F3N3O3S/c1-2-22-12(21)19-5-3-4-8(6-19)10(20)18-11-17-9(7-23-11)13(14,15)16/h7-8H,2-6H2,1H3,(H,17,18,20). The van der Waals surface area contributed by atoms with E-state index in [1.54, 1.807) is 6.92 Å². The van der Waals surface area contributed by atoms with E-state index in [2.05, 4.69) is 10.3 Å². The smallest absolute Gasteiger partial charge is 0.434 e. The molecule has 6 nitrogen and oxygen atoms in total. The van der Waals surface area contributed by atoms with Gasteiger partial charge in [-0.3, -0.25) is 4.79 Å². The Morgan fingerprint density at radius 3 is 2.87 bits per heavy atom. The first kappa shape index (κ1) is 17.5. The number of piperidine rings is 1. The summed E-state index contributed by atoms with van der Waals surface area (Å²) >= 11 is 0.716. The Morgan fingerprint density at radius 2 is 2.26 bits per heavy atom. The van der Waals surface area contributed by atoms with Crippen molar-refractivity contribution in [2.75, 3.05) is 25.0 Å². The molecule has 1 saturated heterocycles. The SMILES string of the molecule is CCOC(=O)N1CCCC(C(=O)Nc2nc(C(F)(F)F)cs2)C1. The van der Waals surface area contributed by atoms with E-state index < -0.39 is 29.8 Å². The van der Waals surface area contributed by atoms with Gasteiger partial charge in [0.1, 0.15) is 0 Å². The number of likely N-dealkylation sites (tertiary alicyclic amines) is 1. The highest BCUT2D eigenvalue weighted by atomic mass is 32.1. The highest BCUT2D eigenvalue weighted by molar-refractivity contribution is 7.13. The van der Waals surface area contributed by atoms with Crippen LogP contribution in [0.15, 0.2) is 5.38 Å². The summed E-state index contributed by atoms with van der Waals surface area (Å²) in [5.74, 6) is -0.937. The molecule has 0 aromatic carbocycles. The number of hydrogen-bond donors (Lipinski definition) is 1. The van der Waals surface area contributed by atoms with Gasteiger partial charge in [0.15, 0.2) is 10.8 Å². The number of carbonyl (C=O) groups excluding carboxylic acids is 2. The summed E-state index contributed by atoms with van der Waals surface area (Å²) in [7, 11) is 0. The van der Waals surface area contributed by atoms with Gasteiger partial charge in [-0.15, -0.1) is 11.3 Å². The number of thiazole rings is 1. The first-order valence-corrected chi connectivity index (χ1v) is 7.94. The molecule has 1 atom stereocenters. The molecule has 0 bridgehead atoms. The number of amides is 2. The van der Waals surface area contributed by atoms with Crippen LogP contribution in [0.1, 0.15) is 25.5 Å². The fourth-order valence-electron chi connectivity index (χ4n) is 2.24. The lowest BCUT2D eigenvalue weighted by molar-refractivity contribution is -0.140. The molecule has 0 aliphatic carbocycles. The van der Waals surface area contributed by atoms with Crippen molar-refractivity contribution in [3.63, 3.8) is 0 Å². The molecule has 1 unspecified atom stereocenters. The van der Waals surface area contributed by atoms with Crippen molar-refractivity contribution in [1.82, 2.24) is 9.88 Å². The average molecular weight is 351 g/mol.